The van der Waals surface area contributed by atoms with Crippen molar-refractivity contribution in [3.8, 4) is 0 Å². The topological polar surface area (TPSA) is 77.5 Å². The molecule has 6 nitrogen and oxygen atoms in total. The second kappa shape index (κ2) is 7.04. The first-order chi connectivity index (χ1) is 10.2. The largest absolute Gasteiger partial charge is 0.457 e. The van der Waals surface area contributed by atoms with Gasteiger partial charge in [-0.15, -0.1) is 0 Å². The number of hydrogen-bond acceptors (Lipinski definition) is 5. The molecule has 1 amide bonds. The van der Waals surface area contributed by atoms with E-state index in [0.29, 0.717) is 11.3 Å². The number of carbonyl (C=O) groups excluding carboxylic acids is 2. The Morgan fingerprint density at radius 3 is 2.57 bits per heavy atom. The fourth-order valence-electron chi connectivity index (χ4n) is 1.57. The third kappa shape index (κ3) is 4.31. The lowest BCUT2D eigenvalue weighted by Crippen LogP contribution is -2.10. The van der Waals surface area contributed by atoms with E-state index >= 15 is 0 Å². The highest BCUT2D eigenvalue weighted by Gasteiger charge is 2.07. The van der Waals surface area contributed by atoms with Gasteiger partial charge in [0.15, 0.2) is 0 Å². The summed E-state index contributed by atoms with van der Waals surface area (Å²) in [4.78, 5) is 26.6. The second-order valence-electron chi connectivity index (χ2n) is 4.13. The van der Waals surface area contributed by atoms with Crippen LogP contribution in [0.1, 0.15) is 15.9 Å². The van der Waals surface area contributed by atoms with E-state index in [1.54, 1.807) is 42.6 Å². The fraction of sp³-hybridized carbons (Fsp3) is 0.133. The summed E-state index contributed by atoms with van der Waals surface area (Å²) >= 11 is 0. The van der Waals surface area contributed by atoms with Gasteiger partial charge in [0.2, 0.25) is 0 Å². The number of aromatic nitrogens is 1. The molecule has 0 bridgehead atoms. The lowest BCUT2D eigenvalue weighted by molar-refractivity contribution is 0.0472. The summed E-state index contributed by atoms with van der Waals surface area (Å²) in [5.74, 6) is -0.431. The van der Waals surface area contributed by atoms with Crippen molar-refractivity contribution in [2.75, 3.05) is 12.4 Å². The van der Waals surface area contributed by atoms with E-state index in [2.05, 4.69) is 15.0 Å². The number of nitrogens with zero attached hydrogens (tertiary/aromatic N) is 1. The molecule has 0 atom stereocenters. The molecule has 2 aromatic rings. The van der Waals surface area contributed by atoms with Crippen molar-refractivity contribution in [1.82, 2.24) is 4.98 Å². The number of hydrogen-bond donors (Lipinski definition) is 1. The van der Waals surface area contributed by atoms with Gasteiger partial charge in [0.05, 0.1) is 12.7 Å². The molecule has 0 spiro atoms. The first-order valence-corrected chi connectivity index (χ1v) is 6.20. The number of pyridine rings is 1. The average molecular weight is 286 g/mol. The van der Waals surface area contributed by atoms with E-state index in [4.69, 9.17) is 4.74 Å². The lowest BCUT2D eigenvalue weighted by Gasteiger charge is -2.06. The van der Waals surface area contributed by atoms with Crippen LogP contribution in [-0.4, -0.2) is 24.2 Å². The van der Waals surface area contributed by atoms with Gasteiger partial charge in [-0.05, 0) is 29.8 Å². The van der Waals surface area contributed by atoms with Crippen molar-refractivity contribution >= 4 is 17.7 Å². The van der Waals surface area contributed by atoms with Crippen LogP contribution in [0, 0.1) is 0 Å². The van der Waals surface area contributed by atoms with E-state index in [1.165, 1.54) is 13.3 Å². The molecule has 0 fully saturated rings. The van der Waals surface area contributed by atoms with Crippen LogP contribution in [0.3, 0.4) is 0 Å². The molecule has 0 saturated carbocycles. The van der Waals surface area contributed by atoms with Crippen LogP contribution in [0.2, 0.25) is 0 Å². The smallest absolute Gasteiger partial charge is 0.411 e. The molecular formula is C15H14N2O4. The van der Waals surface area contributed by atoms with Crippen LogP contribution >= 0.6 is 0 Å². The van der Waals surface area contributed by atoms with Crippen molar-refractivity contribution < 1.29 is 19.1 Å². The highest BCUT2D eigenvalue weighted by Crippen LogP contribution is 2.11. The van der Waals surface area contributed by atoms with Crippen molar-refractivity contribution in [3.05, 3.63) is 59.9 Å². The summed E-state index contributed by atoms with van der Waals surface area (Å²) in [6, 6.07) is 10.2. The van der Waals surface area contributed by atoms with Crippen LogP contribution in [0.4, 0.5) is 10.5 Å². The zero-order valence-corrected chi connectivity index (χ0v) is 11.4. The quantitative estimate of drug-likeness (QED) is 0.874. The average Bonchev–Trinajstić information content (AvgIpc) is 2.54. The Kier molecular flexibility index (Phi) is 4.87. The molecule has 21 heavy (non-hydrogen) atoms. The molecule has 1 aromatic heterocycles. The minimum absolute atomic E-state index is 0.145. The number of anilines is 1. The number of benzene rings is 1. The molecule has 0 saturated heterocycles. The summed E-state index contributed by atoms with van der Waals surface area (Å²) in [5, 5.41) is 2.53. The van der Waals surface area contributed by atoms with Gasteiger partial charge in [0.25, 0.3) is 0 Å². The van der Waals surface area contributed by atoms with Crippen LogP contribution in [-0.2, 0) is 16.1 Å². The molecule has 1 N–H and O–H groups in total. The number of amides is 1. The zero-order chi connectivity index (χ0) is 15.1. The standard InChI is InChI=1S/C15H14N2O4/c1-20-15(19)17-13-6-4-11(5-7-13)10-21-14(18)12-3-2-8-16-9-12/h2-9H,10H2,1H3,(H,17,19). The molecule has 2 rings (SSSR count). The predicted octanol–water partition coefficient (Wildman–Crippen LogP) is 2.62. The van der Waals surface area contributed by atoms with Gasteiger partial charge in [-0.25, -0.2) is 9.59 Å². The normalized spacial score (nSPS) is 9.76. The van der Waals surface area contributed by atoms with Gasteiger partial charge >= 0.3 is 12.1 Å². The number of carbonyl (C=O) groups is 2. The molecule has 6 heteroatoms. The summed E-state index contributed by atoms with van der Waals surface area (Å²) in [7, 11) is 1.29. The third-order valence-electron chi connectivity index (χ3n) is 2.65. The maximum Gasteiger partial charge on any atom is 0.411 e. The number of esters is 1. The first-order valence-electron chi connectivity index (χ1n) is 6.20. The number of rotatable bonds is 4. The Labute approximate surface area is 121 Å². The molecule has 0 aliphatic heterocycles. The fourth-order valence-corrected chi connectivity index (χ4v) is 1.57. The number of ether oxygens (including phenoxy) is 2. The Morgan fingerprint density at radius 2 is 1.95 bits per heavy atom. The predicted molar refractivity (Wildman–Crippen MR) is 75.8 cm³/mol. The Balaban J connectivity index is 1.89. The highest BCUT2D eigenvalue weighted by molar-refractivity contribution is 5.88. The van der Waals surface area contributed by atoms with E-state index in [0.717, 1.165) is 5.56 Å². The molecule has 1 aromatic carbocycles. The van der Waals surface area contributed by atoms with Crippen LogP contribution in [0.15, 0.2) is 48.8 Å². The van der Waals surface area contributed by atoms with Gasteiger partial charge in [-0.1, -0.05) is 12.1 Å². The van der Waals surface area contributed by atoms with Gasteiger partial charge < -0.3 is 9.47 Å². The highest BCUT2D eigenvalue weighted by atomic mass is 16.5. The monoisotopic (exact) mass is 286 g/mol. The van der Waals surface area contributed by atoms with Gasteiger partial charge in [-0.3, -0.25) is 10.3 Å². The molecule has 108 valence electrons. The zero-order valence-electron chi connectivity index (χ0n) is 11.4. The third-order valence-corrected chi connectivity index (χ3v) is 2.65. The Hall–Kier alpha value is -2.89. The van der Waals surface area contributed by atoms with Crippen molar-refractivity contribution in [1.29, 1.82) is 0 Å². The summed E-state index contributed by atoms with van der Waals surface area (Å²) in [6.45, 7) is 0.145. The summed E-state index contributed by atoms with van der Waals surface area (Å²) < 4.78 is 9.65. The van der Waals surface area contributed by atoms with Crippen molar-refractivity contribution in [3.63, 3.8) is 0 Å². The van der Waals surface area contributed by atoms with Gasteiger partial charge in [-0.2, -0.15) is 0 Å². The maximum absolute atomic E-state index is 11.7. The minimum atomic E-state index is -0.536. The van der Waals surface area contributed by atoms with Crippen LogP contribution < -0.4 is 5.32 Å². The SMILES string of the molecule is COC(=O)Nc1ccc(COC(=O)c2cccnc2)cc1. The van der Waals surface area contributed by atoms with E-state index in [-0.39, 0.29) is 6.61 Å². The number of methoxy groups -OCH3 is 1. The first kappa shape index (κ1) is 14.5. The molecule has 1 heterocycles. The second-order valence-corrected chi connectivity index (χ2v) is 4.13. The van der Waals surface area contributed by atoms with Crippen LogP contribution in [0.5, 0.6) is 0 Å². The maximum atomic E-state index is 11.7. The number of nitrogens with one attached hydrogen (secondary N) is 1. The lowest BCUT2D eigenvalue weighted by atomic mass is 10.2. The molecular weight excluding hydrogens is 272 g/mol. The molecule has 0 radical (unpaired) electrons. The Bertz CT molecular complexity index is 611. The Morgan fingerprint density at radius 1 is 1.19 bits per heavy atom. The minimum Gasteiger partial charge on any atom is -0.457 e. The van der Waals surface area contributed by atoms with Gasteiger partial charge in [0, 0.05) is 18.1 Å². The van der Waals surface area contributed by atoms with Crippen molar-refractivity contribution in [2.24, 2.45) is 0 Å². The van der Waals surface area contributed by atoms with E-state index in [9.17, 15) is 9.59 Å². The molecule has 0 aliphatic carbocycles. The van der Waals surface area contributed by atoms with Crippen LogP contribution in [0.25, 0.3) is 0 Å². The van der Waals surface area contributed by atoms with E-state index < -0.39 is 12.1 Å². The summed E-state index contributed by atoms with van der Waals surface area (Å²) in [6.07, 6.45) is 2.50. The summed E-state index contributed by atoms with van der Waals surface area (Å²) in [5.41, 5.74) is 1.81. The van der Waals surface area contributed by atoms with Gasteiger partial charge in [0.1, 0.15) is 6.61 Å². The van der Waals surface area contributed by atoms with E-state index in [1.807, 2.05) is 0 Å². The molecule has 0 unspecified atom stereocenters. The van der Waals surface area contributed by atoms with Crippen molar-refractivity contribution in [2.45, 2.75) is 6.61 Å². The molecule has 0 aliphatic rings.